The van der Waals surface area contributed by atoms with Crippen molar-refractivity contribution in [2.24, 2.45) is 0 Å². The predicted molar refractivity (Wildman–Crippen MR) is 105 cm³/mol. The van der Waals surface area contributed by atoms with E-state index in [0.29, 0.717) is 11.6 Å². The molecule has 0 spiro atoms. The molecule has 0 amide bonds. The van der Waals surface area contributed by atoms with Gasteiger partial charge in [-0.15, -0.1) is 11.3 Å². The summed E-state index contributed by atoms with van der Waals surface area (Å²) in [4.78, 5) is 15.0. The van der Waals surface area contributed by atoms with Gasteiger partial charge in [-0.3, -0.25) is 4.84 Å². The second-order valence-corrected chi connectivity index (χ2v) is 9.42. The molecule has 0 aliphatic carbocycles. The largest absolute Gasteiger partial charge is 0.438 e. The molecule has 0 radical (unpaired) electrons. The third kappa shape index (κ3) is 3.77. The highest BCUT2D eigenvalue weighted by Gasteiger charge is 2.35. The number of benzene rings is 1. The second-order valence-electron chi connectivity index (χ2n) is 6.42. The van der Waals surface area contributed by atoms with E-state index >= 15 is 0 Å². The van der Waals surface area contributed by atoms with Crippen molar-refractivity contribution in [1.29, 1.82) is 0 Å². The zero-order valence-corrected chi connectivity index (χ0v) is 16.8. The number of ether oxygens (including phenoxy) is 1. The number of pyridine rings is 1. The minimum Gasteiger partial charge on any atom is -0.438 e. The van der Waals surface area contributed by atoms with Gasteiger partial charge in [-0.2, -0.15) is 0 Å². The molecule has 9 heteroatoms. The van der Waals surface area contributed by atoms with Crippen LogP contribution in [-0.4, -0.2) is 24.6 Å². The fraction of sp³-hybridized carbons (Fsp3) is 0.158. The number of thiazole rings is 1. The van der Waals surface area contributed by atoms with Crippen LogP contribution < -0.4 is 10.2 Å². The second kappa shape index (κ2) is 7.01. The number of aromatic nitrogens is 2. The lowest BCUT2D eigenvalue weighted by Gasteiger charge is -2.16. The van der Waals surface area contributed by atoms with Crippen molar-refractivity contribution in [2.75, 3.05) is 6.26 Å². The number of hydrogen-bond donors (Lipinski definition) is 1. The van der Waals surface area contributed by atoms with E-state index in [-0.39, 0.29) is 5.03 Å². The van der Waals surface area contributed by atoms with Crippen molar-refractivity contribution >= 4 is 21.2 Å². The number of nitrogens with one attached hydrogen (secondary N) is 1. The van der Waals surface area contributed by atoms with E-state index in [1.807, 2.05) is 37.3 Å². The Kier molecular flexibility index (Phi) is 4.66. The minimum absolute atomic E-state index is 0.00704. The third-order valence-electron chi connectivity index (χ3n) is 4.10. The van der Waals surface area contributed by atoms with Crippen LogP contribution in [0.3, 0.4) is 0 Å². The Hall–Kier alpha value is -2.75. The van der Waals surface area contributed by atoms with Crippen molar-refractivity contribution in [3.05, 3.63) is 71.7 Å². The van der Waals surface area contributed by atoms with Gasteiger partial charge in [0.1, 0.15) is 10.8 Å². The monoisotopic (exact) mass is 415 g/mol. The van der Waals surface area contributed by atoms with Gasteiger partial charge < -0.3 is 4.74 Å². The quantitative estimate of drug-likeness (QED) is 0.684. The molecular formula is C19H17N3O4S2. The first kappa shape index (κ1) is 18.6. The Morgan fingerprint density at radius 3 is 2.57 bits per heavy atom. The summed E-state index contributed by atoms with van der Waals surface area (Å²) in [5, 5.41) is 0.899. The van der Waals surface area contributed by atoms with Gasteiger partial charge in [0.2, 0.25) is 5.88 Å². The summed E-state index contributed by atoms with van der Waals surface area (Å²) < 4.78 is 28.7. The molecule has 28 heavy (non-hydrogen) atoms. The van der Waals surface area contributed by atoms with E-state index in [0.717, 1.165) is 21.7 Å². The first-order chi connectivity index (χ1) is 13.3. The van der Waals surface area contributed by atoms with Crippen molar-refractivity contribution in [3.8, 4) is 16.3 Å². The number of hydroxylamine groups is 1. The summed E-state index contributed by atoms with van der Waals surface area (Å²) in [5.74, 6) is 0.791. The average molecular weight is 415 g/mol. The number of sulfone groups is 1. The Bertz CT molecular complexity index is 1130. The molecule has 1 atom stereocenters. The molecule has 3 aromatic rings. The van der Waals surface area contributed by atoms with Gasteiger partial charge in [0.15, 0.2) is 20.5 Å². The highest BCUT2D eigenvalue weighted by molar-refractivity contribution is 7.90. The first-order valence-corrected chi connectivity index (χ1v) is 11.1. The molecule has 1 N–H and O–H groups in total. The smallest absolute Gasteiger partial charge is 0.216 e. The summed E-state index contributed by atoms with van der Waals surface area (Å²) in [7, 11) is -3.35. The molecule has 7 nitrogen and oxygen atoms in total. The van der Waals surface area contributed by atoms with Crippen LogP contribution in [0.25, 0.3) is 10.6 Å². The van der Waals surface area contributed by atoms with E-state index in [1.165, 1.54) is 23.6 Å². The van der Waals surface area contributed by atoms with E-state index in [1.54, 1.807) is 18.3 Å². The lowest BCUT2D eigenvalue weighted by Crippen LogP contribution is -2.22. The minimum atomic E-state index is -3.35. The standard InChI is InChI=1S/C19H17N3O4S2/c1-19(15-12-21-18(27-15)13-6-4-3-5-7-13)10-16(22-26-19)25-14-8-9-17(20-11-14)28(2,23)24/h3-12,22H,1-2H3. The van der Waals surface area contributed by atoms with Gasteiger partial charge in [0.05, 0.1) is 11.1 Å². The molecule has 4 rings (SSSR count). The molecule has 0 fully saturated rings. The molecule has 1 aliphatic heterocycles. The summed E-state index contributed by atoms with van der Waals surface area (Å²) in [5.41, 5.74) is 3.07. The number of rotatable bonds is 5. The van der Waals surface area contributed by atoms with Gasteiger partial charge in [-0.1, -0.05) is 30.3 Å². The van der Waals surface area contributed by atoms with Gasteiger partial charge in [0.25, 0.3) is 0 Å². The summed E-state index contributed by atoms with van der Waals surface area (Å²) >= 11 is 1.54. The van der Waals surface area contributed by atoms with E-state index < -0.39 is 15.4 Å². The number of nitrogens with zero attached hydrogens (tertiary/aromatic N) is 2. The van der Waals surface area contributed by atoms with Crippen molar-refractivity contribution in [2.45, 2.75) is 17.6 Å². The predicted octanol–water partition coefficient (Wildman–Crippen LogP) is 3.28. The van der Waals surface area contributed by atoms with Crippen molar-refractivity contribution in [3.63, 3.8) is 0 Å². The summed E-state index contributed by atoms with van der Waals surface area (Å²) in [6, 6.07) is 12.9. The van der Waals surface area contributed by atoms with Gasteiger partial charge in [-0.05, 0) is 19.1 Å². The van der Waals surface area contributed by atoms with Crippen LogP contribution in [0.5, 0.6) is 5.75 Å². The van der Waals surface area contributed by atoms with Crippen LogP contribution in [-0.2, 0) is 20.3 Å². The van der Waals surface area contributed by atoms with Crippen molar-refractivity contribution < 1.29 is 18.0 Å². The fourth-order valence-corrected chi connectivity index (χ4v) is 4.16. The van der Waals surface area contributed by atoms with Gasteiger partial charge in [0, 0.05) is 24.1 Å². The molecular weight excluding hydrogens is 398 g/mol. The normalized spacial score (nSPS) is 19.1. The SMILES string of the molecule is CC1(c2cnc(-c3ccccc3)s2)C=C(Oc2ccc(S(C)(=O)=O)nc2)NO1. The zero-order valence-electron chi connectivity index (χ0n) is 15.1. The third-order valence-corrected chi connectivity index (χ3v) is 6.37. The molecule has 2 aromatic heterocycles. The molecule has 0 saturated carbocycles. The highest BCUT2D eigenvalue weighted by atomic mass is 32.2. The molecule has 1 unspecified atom stereocenters. The maximum Gasteiger partial charge on any atom is 0.216 e. The highest BCUT2D eigenvalue weighted by Crippen LogP contribution is 2.37. The summed E-state index contributed by atoms with van der Waals surface area (Å²) in [6.07, 6.45) is 6.06. The van der Waals surface area contributed by atoms with Crippen LogP contribution in [0, 0.1) is 0 Å². The molecule has 0 saturated heterocycles. The molecule has 0 bridgehead atoms. The topological polar surface area (TPSA) is 90.4 Å². The lowest BCUT2D eigenvalue weighted by molar-refractivity contribution is -0.0381. The van der Waals surface area contributed by atoms with Gasteiger partial charge >= 0.3 is 0 Å². The average Bonchev–Trinajstić information content (AvgIpc) is 3.31. The lowest BCUT2D eigenvalue weighted by atomic mass is 10.1. The van der Waals surface area contributed by atoms with Crippen molar-refractivity contribution in [1.82, 2.24) is 15.4 Å². The van der Waals surface area contributed by atoms with Crippen LogP contribution >= 0.6 is 11.3 Å². The Morgan fingerprint density at radius 2 is 1.89 bits per heavy atom. The van der Waals surface area contributed by atoms with E-state index in [2.05, 4.69) is 15.4 Å². The maximum absolute atomic E-state index is 11.5. The maximum atomic E-state index is 11.5. The molecule has 3 heterocycles. The fourth-order valence-electron chi connectivity index (χ4n) is 2.63. The summed E-state index contributed by atoms with van der Waals surface area (Å²) in [6.45, 7) is 1.91. The Labute approximate surface area is 166 Å². The molecule has 144 valence electrons. The van der Waals surface area contributed by atoms with E-state index in [4.69, 9.17) is 9.57 Å². The Morgan fingerprint density at radius 1 is 1.11 bits per heavy atom. The van der Waals surface area contributed by atoms with Crippen LogP contribution in [0.15, 0.2) is 71.8 Å². The van der Waals surface area contributed by atoms with Crippen LogP contribution in [0.2, 0.25) is 0 Å². The van der Waals surface area contributed by atoms with Gasteiger partial charge in [-0.25, -0.2) is 23.9 Å². The Balaban J connectivity index is 1.52. The van der Waals surface area contributed by atoms with Crippen LogP contribution in [0.4, 0.5) is 0 Å². The van der Waals surface area contributed by atoms with E-state index in [9.17, 15) is 8.42 Å². The molecule has 1 aromatic carbocycles. The first-order valence-electron chi connectivity index (χ1n) is 8.36. The zero-order chi connectivity index (χ0) is 19.8. The molecule has 1 aliphatic rings. The number of hydrogen-bond acceptors (Lipinski definition) is 8. The van der Waals surface area contributed by atoms with Crippen LogP contribution in [0.1, 0.15) is 11.8 Å².